The highest BCUT2D eigenvalue weighted by Crippen LogP contribution is 2.46. The van der Waals surface area contributed by atoms with Crippen LogP contribution in [0.25, 0.3) is 6.08 Å². The van der Waals surface area contributed by atoms with Crippen LogP contribution in [0.4, 0.5) is 0 Å². The molecule has 2 aliphatic heterocycles. The molecule has 5 rings (SSSR count). The predicted octanol–water partition coefficient (Wildman–Crippen LogP) is 1.95. The molecule has 2 aliphatic rings. The number of ketones is 1. The molecule has 3 aromatic carbocycles. The number of Topliss-reactive ketones (excluding diaryl/α,β-unsaturated/α-hetero) is 1. The molecule has 42 heavy (non-hydrogen) atoms. The fourth-order valence-corrected chi connectivity index (χ4v) is 4.56. The second kappa shape index (κ2) is 12.1. The Labute approximate surface area is 239 Å². The first-order chi connectivity index (χ1) is 20.1. The number of aliphatic hydroxyl groups excluding tert-OH is 3. The van der Waals surface area contributed by atoms with Gasteiger partial charge in [0.25, 0.3) is 0 Å². The van der Waals surface area contributed by atoms with Gasteiger partial charge in [-0.2, -0.15) is 0 Å². The smallest absolute Gasteiger partial charge is 0.330 e. The summed E-state index contributed by atoms with van der Waals surface area (Å²) in [6.45, 7) is -0.508. The van der Waals surface area contributed by atoms with E-state index in [0.29, 0.717) is 11.1 Å². The highest BCUT2D eigenvalue weighted by Gasteiger charge is 2.46. The number of ether oxygens (including phenoxy) is 4. The monoisotopic (exact) mass is 580 g/mol. The molecule has 0 aliphatic carbocycles. The van der Waals surface area contributed by atoms with Gasteiger partial charge in [0.1, 0.15) is 48.6 Å². The lowest BCUT2D eigenvalue weighted by Crippen LogP contribution is -2.60. The van der Waals surface area contributed by atoms with Gasteiger partial charge in [0.15, 0.2) is 17.3 Å². The van der Waals surface area contributed by atoms with Crippen LogP contribution in [-0.4, -0.2) is 79.7 Å². The van der Waals surface area contributed by atoms with Crippen molar-refractivity contribution in [1.82, 2.24) is 0 Å². The van der Waals surface area contributed by atoms with Crippen LogP contribution < -0.4 is 9.47 Å². The second-order valence-electron chi connectivity index (χ2n) is 9.80. The molecule has 6 N–H and O–H groups in total. The topological polar surface area (TPSA) is 192 Å². The van der Waals surface area contributed by atoms with Crippen LogP contribution in [0.15, 0.2) is 66.7 Å². The van der Waals surface area contributed by atoms with Crippen molar-refractivity contribution in [2.75, 3.05) is 6.61 Å². The van der Waals surface area contributed by atoms with Crippen molar-refractivity contribution < 1.29 is 59.2 Å². The molecule has 0 amide bonds. The number of carbonyl (C=O) groups excluding carboxylic acids is 2. The average Bonchev–Trinajstić information content (AvgIpc) is 2.98. The van der Waals surface area contributed by atoms with Crippen LogP contribution in [0.5, 0.6) is 28.7 Å². The number of benzene rings is 3. The SMILES string of the molecule is O=C(C=Cc1ccc(O)cc1)OCC1OC(Oc2ccc3c(c2O)OC(c2ccc(O)cc2)CC3=O)C(O)C(O)C1O. The van der Waals surface area contributed by atoms with Gasteiger partial charge in [0, 0.05) is 6.08 Å². The molecule has 0 radical (unpaired) electrons. The molecule has 0 spiro atoms. The Bertz CT molecular complexity index is 1470. The lowest BCUT2D eigenvalue weighted by atomic mass is 9.95. The number of phenolic OH excluding ortho intramolecular Hbond substituents is 3. The van der Waals surface area contributed by atoms with Gasteiger partial charge in [0.2, 0.25) is 12.0 Å². The minimum absolute atomic E-state index is 0.00349. The van der Waals surface area contributed by atoms with E-state index in [4.69, 9.17) is 18.9 Å². The van der Waals surface area contributed by atoms with Crippen LogP contribution in [0.1, 0.15) is 34.0 Å². The summed E-state index contributed by atoms with van der Waals surface area (Å²) in [5.74, 6) is -1.93. The normalized spacial score (nSPS) is 25.5. The molecule has 6 atom stereocenters. The van der Waals surface area contributed by atoms with Crippen LogP contribution >= 0.6 is 0 Å². The molecule has 0 aromatic heterocycles. The quantitative estimate of drug-likeness (QED) is 0.176. The van der Waals surface area contributed by atoms with E-state index in [0.717, 1.165) is 6.08 Å². The minimum Gasteiger partial charge on any atom is -0.508 e. The second-order valence-corrected chi connectivity index (χ2v) is 9.80. The van der Waals surface area contributed by atoms with Gasteiger partial charge in [-0.1, -0.05) is 24.3 Å². The van der Waals surface area contributed by atoms with Crippen molar-refractivity contribution in [3.05, 3.63) is 83.4 Å². The molecule has 1 saturated heterocycles. The summed E-state index contributed by atoms with van der Waals surface area (Å²) in [6, 6.07) is 14.8. The zero-order valence-corrected chi connectivity index (χ0v) is 21.9. The van der Waals surface area contributed by atoms with E-state index in [2.05, 4.69) is 0 Å². The van der Waals surface area contributed by atoms with Gasteiger partial charge < -0.3 is 49.6 Å². The third-order valence-electron chi connectivity index (χ3n) is 6.90. The van der Waals surface area contributed by atoms with Gasteiger partial charge in [0.05, 0.1) is 12.0 Å². The molecule has 220 valence electrons. The maximum Gasteiger partial charge on any atom is 0.330 e. The van der Waals surface area contributed by atoms with E-state index < -0.39 is 55.1 Å². The molecule has 0 saturated carbocycles. The van der Waals surface area contributed by atoms with Gasteiger partial charge >= 0.3 is 5.97 Å². The Morgan fingerprint density at radius 1 is 0.881 bits per heavy atom. The van der Waals surface area contributed by atoms with Crippen molar-refractivity contribution in [2.45, 2.75) is 43.2 Å². The minimum atomic E-state index is -1.76. The Morgan fingerprint density at radius 2 is 1.55 bits per heavy atom. The Balaban J connectivity index is 1.27. The van der Waals surface area contributed by atoms with Gasteiger partial charge in [-0.3, -0.25) is 4.79 Å². The standard InChI is InChI=1S/C30H28O12/c31-17-6-1-15(2-7-17)3-12-24(34)39-14-23-25(35)27(37)28(38)30(42-23)41-21-11-10-19-20(33)13-22(40-29(19)26(21)36)16-4-8-18(32)9-5-16/h1-12,22-23,25,27-28,30-32,35-38H,13-14H2. The number of aromatic hydroxyl groups is 3. The van der Waals surface area contributed by atoms with Crippen LogP contribution in [0, 0.1) is 0 Å². The lowest BCUT2D eigenvalue weighted by molar-refractivity contribution is -0.278. The summed E-state index contributed by atoms with van der Waals surface area (Å²) in [7, 11) is 0. The maximum absolute atomic E-state index is 12.8. The summed E-state index contributed by atoms with van der Waals surface area (Å²) in [4.78, 5) is 24.9. The first kappa shape index (κ1) is 28.9. The van der Waals surface area contributed by atoms with Crippen molar-refractivity contribution in [2.24, 2.45) is 0 Å². The average molecular weight is 581 g/mol. The fraction of sp³-hybridized carbons (Fsp3) is 0.267. The van der Waals surface area contributed by atoms with Crippen LogP contribution in [0.2, 0.25) is 0 Å². The fourth-order valence-electron chi connectivity index (χ4n) is 4.56. The predicted molar refractivity (Wildman–Crippen MR) is 144 cm³/mol. The summed E-state index contributed by atoms with van der Waals surface area (Å²) < 4.78 is 22.2. The van der Waals surface area contributed by atoms with Crippen molar-refractivity contribution >= 4 is 17.8 Å². The molecule has 6 unspecified atom stereocenters. The highest BCUT2D eigenvalue weighted by molar-refractivity contribution is 6.01. The molecule has 2 heterocycles. The van der Waals surface area contributed by atoms with E-state index in [1.54, 1.807) is 24.3 Å². The first-order valence-electron chi connectivity index (χ1n) is 13.0. The number of phenols is 3. The number of hydrogen-bond acceptors (Lipinski definition) is 12. The molecular formula is C30H28O12. The maximum atomic E-state index is 12.8. The number of fused-ring (bicyclic) bond motifs is 1. The van der Waals surface area contributed by atoms with Gasteiger partial charge in [-0.25, -0.2) is 4.79 Å². The molecule has 12 heteroatoms. The molecule has 1 fully saturated rings. The van der Waals surface area contributed by atoms with Crippen molar-refractivity contribution in [3.8, 4) is 28.7 Å². The summed E-state index contributed by atoms with van der Waals surface area (Å²) in [5.41, 5.74) is 1.33. The number of aliphatic hydroxyl groups is 3. The largest absolute Gasteiger partial charge is 0.508 e. The molecule has 3 aromatic rings. The van der Waals surface area contributed by atoms with E-state index in [9.17, 15) is 40.2 Å². The number of rotatable bonds is 7. The van der Waals surface area contributed by atoms with Crippen LogP contribution in [-0.2, 0) is 14.3 Å². The number of carbonyl (C=O) groups is 2. The van der Waals surface area contributed by atoms with Crippen molar-refractivity contribution in [1.29, 1.82) is 0 Å². The van der Waals surface area contributed by atoms with Gasteiger partial charge in [-0.05, 0) is 53.6 Å². The Hall–Kier alpha value is -4.62. The zero-order valence-electron chi connectivity index (χ0n) is 21.9. The van der Waals surface area contributed by atoms with E-state index in [-0.39, 0.29) is 40.8 Å². The van der Waals surface area contributed by atoms with E-state index in [1.165, 1.54) is 42.5 Å². The molecular weight excluding hydrogens is 552 g/mol. The third kappa shape index (κ3) is 6.16. The van der Waals surface area contributed by atoms with Gasteiger partial charge in [-0.15, -0.1) is 0 Å². The van der Waals surface area contributed by atoms with Crippen molar-refractivity contribution in [3.63, 3.8) is 0 Å². The third-order valence-corrected chi connectivity index (χ3v) is 6.90. The van der Waals surface area contributed by atoms with Crippen LogP contribution in [0.3, 0.4) is 0 Å². The Morgan fingerprint density at radius 3 is 2.24 bits per heavy atom. The van der Waals surface area contributed by atoms with E-state index in [1.807, 2.05) is 0 Å². The number of esters is 1. The summed E-state index contributed by atoms with van der Waals surface area (Å²) >= 11 is 0. The first-order valence-corrected chi connectivity index (χ1v) is 13.0. The summed E-state index contributed by atoms with van der Waals surface area (Å²) in [5, 5.41) is 61.1. The van der Waals surface area contributed by atoms with E-state index >= 15 is 0 Å². The lowest BCUT2D eigenvalue weighted by Gasteiger charge is -2.40. The molecule has 0 bridgehead atoms. The number of hydrogen-bond donors (Lipinski definition) is 6. The zero-order chi connectivity index (χ0) is 30.0. The molecule has 12 nitrogen and oxygen atoms in total. The summed E-state index contributed by atoms with van der Waals surface area (Å²) in [6.07, 6.45) is -6.26. The Kier molecular flexibility index (Phi) is 8.31. The highest BCUT2D eigenvalue weighted by atomic mass is 16.7.